The number of fused-ring (bicyclic) bond motifs is 1. The Labute approximate surface area is 184 Å². The average molecular weight is 418 g/mol. The van der Waals surface area contributed by atoms with Crippen LogP contribution in [-0.2, 0) is 24.1 Å². The Morgan fingerprint density at radius 2 is 1.93 bits per heavy atom. The lowest BCUT2D eigenvalue weighted by molar-refractivity contribution is -0.117. The standard InChI is InChI=1S/C23H37N3O2.C2H6/c1-7-19-21(28-14-15(2)3)13-18-9-8-10-20(18)22(19)26-17(5)23(27)25-16(4)11-12-24-6;1-2/h13,15-16,24,26H,5,7-12,14H2,1-4,6H3,(H,25,27);1-2H3. The first kappa shape index (κ1) is 26.0. The summed E-state index contributed by atoms with van der Waals surface area (Å²) < 4.78 is 6.13. The van der Waals surface area contributed by atoms with Crippen LogP contribution in [0.3, 0.4) is 0 Å². The number of amides is 1. The smallest absolute Gasteiger partial charge is 0.267 e. The van der Waals surface area contributed by atoms with E-state index in [-0.39, 0.29) is 11.9 Å². The average Bonchev–Trinajstić information content (AvgIpc) is 3.20. The van der Waals surface area contributed by atoms with Gasteiger partial charge in [-0.2, -0.15) is 0 Å². The van der Waals surface area contributed by atoms with Crippen molar-refractivity contribution < 1.29 is 9.53 Å². The Kier molecular flexibility index (Phi) is 11.6. The van der Waals surface area contributed by atoms with Gasteiger partial charge in [0, 0.05) is 17.3 Å². The fraction of sp³-hybridized carbons (Fsp3) is 0.640. The molecule has 0 aliphatic heterocycles. The molecule has 1 aliphatic carbocycles. The fourth-order valence-electron chi connectivity index (χ4n) is 3.60. The van der Waals surface area contributed by atoms with Crippen molar-refractivity contribution in [3.63, 3.8) is 0 Å². The quantitative estimate of drug-likeness (QED) is 0.451. The molecular formula is C25H43N3O2. The van der Waals surface area contributed by atoms with Crippen LogP contribution in [0.1, 0.15) is 71.1 Å². The van der Waals surface area contributed by atoms with Crippen LogP contribution in [0.25, 0.3) is 0 Å². The van der Waals surface area contributed by atoms with Crippen LogP contribution in [-0.4, -0.2) is 32.1 Å². The predicted molar refractivity (Wildman–Crippen MR) is 128 cm³/mol. The van der Waals surface area contributed by atoms with Gasteiger partial charge in [0.25, 0.3) is 5.91 Å². The molecule has 1 aliphatic rings. The molecule has 0 saturated heterocycles. The van der Waals surface area contributed by atoms with Gasteiger partial charge >= 0.3 is 0 Å². The maximum absolute atomic E-state index is 12.6. The van der Waals surface area contributed by atoms with Gasteiger partial charge in [-0.15, -0.1) is 0 Å². The summed E-state index contributed by atoms with van der Waals surface area (Å²) in [5.74, 6) is 1.26. The van der Waals surface area contributed by atoms with Gasteiger partial charge in [-0.1, -0.05) is 41.2 Å². The summed E-state index contributed by atoms with van der Waals surface area (Å²) in [6, 6.07) is 2.30. The van der Waals surface area contributed by atoms with Gasteiger partial charge in [0.15, 0.2) is 0 Å². The minimum Gasteiger partial charge on any atom is -0.493 e. The summed E-state index contributed by atoms with van der Waals surface area (Å²) in [5.41, 5.74) is 5.19. The highest BCUT2D eigenvalue weighted by molar-refractivity contribution is 5.96. The van der Waals surface area contributed by atoms with Crippen LogP contribution in [0.4, 0.5) is 5.69 Å². The van der Waals surface area contributed by atoms with Crippen LogP contribution in [0.2, 0.25) is 0 Å². The third-order valence-corrected chi connectivity index (χ3v) is 5.15. The largest absolute Gasteiger partial charge is 0.493 e. The highest BCUT2D eigenvalue weighted by atomic mass is 16.5. The van der Waals surface area contributed by atoms with E-state index in [1.165, 1.54) is 11.1 Å². The monoisotopic (exact) mass is 417 g/mol. The minimum atomic E-state index is -0.147. The van der Waals surface area contributed by atoms with E-state index in [1.807, 2.05) is 27.8 Å². The van der Waals surface area contributed by atoms with E-state index in [9.17, 15) is 4.79 Å². The van der Waals surface area contributed by atoms with Crippen LogP contribution in [0.15, 0.2) is 18.3 Å². The summed E-state index contributed by atoms with van der Waals surface area (Å²) in [6.07, 6.45) is 4.95. The number of rotatable bonds is 11. The van der Waals surface area contributed by atoms with E-state index in [0.717, 1.165) is 55.6 Å². The number of hydrogen-bond donors (Lipinski definition) is 3. The van der Waals surface area contributed by atoms with Crippen molar-refractivity contribution in [2.45, 2.75) is 79.7 Å². The van der Waals surface area contributed by atoms with Crippen LogP contribution >= 0.6 is 0 Å². The Hall–Kier alpha value is -2.01. The van der Waals surface area contributed by atoms with E-state index in [4.69, 9.17) is 4.74 Å². The van der Waals surface area contributed by atoms with Gasteiger partial charge in [-0.3, -0.25) is 4.79 Å². The molecule has 1 aromatic carbocycles. The summed E-state index contributed by atoms with van der Waals surface area (Å²) in [4.78, 5) is 12.6. The van der Waals surface area contributed by atoms with Gasteiger partial charge in [0.2, 0.25) is 0 Å². The molecule has 0 fully saturated rings. The molecule has 1 amide bonds. The molecule has 0 radical (unpaired) electrons. The summed E-state index contributed by atoms with van der Waals surface area (Å²) >= 11 is 0. The lowest BCUT2D eigenvalue weighted by Crippen LogP contribution is -2.36. The molecule has 2 rings (SSSR count). The van der Waals surface area contributed by atoms with E-state index >= 15 is 0 Å². The van der Waals surface area contributed by atoms with Crippen molar-refractivity contribution in [1.29, 1.82) is 0 Å². The Morgan fingerprint density at radius 1 is 1.23 bits per heavy atom. The van der Waals surface area contributed by atoms with Crippen molar-refractivity contribution >= 4 is 11.6 Å². The van der Waals surface area contributed by atoms with E-state index in [0.29, 0.717) is 18.2 Å². The Morgan fingerprint density at radius 3 is 2.53 bits per heavy atom. The predicted octanol–water partition coefficient (Wildman–Crippen LogP) is 4.84. The zero-order valence-corrected chi connectivity index (χ0v) is 20.2. The molecule has 0 aromatic heterocycles. The molecule has 0 bridgehead atoms. The summed E-state index contributed by atoms with van der Waals surface area (Å²) in [7, 11) is 1.91. The van der Waals surface area contributed by atoms with Crippen molar-refractivity contribution in [2.75, 3.05) is 25.5 Å². The topological polar surface area (TPSA) is 62.4 Å². The molecule has 170 valence electrons. The van der Waals surface area contributed by atoms with Gasteiger partial charge in [-0.25, -0.2) is 0 Å². The molecule has 5 nitrogen and oxygen atoms in total. The minimum absolute atomic E-state index is 0.0931. The zero-order chi connectivity index (χ0) is 22.7. The molecular weight excluding hydrogens is 374 g/mol. The second kappa shape index (κ2) is 13.3. The lowest BCUT2D eigenvalue weighted by atomic mass is 9.99. The van der Waals surface area contributed by atoms with Crippen molar-refractivity contribution in [3.05, 3.63) is 35.0 Å². The normalized spacial score (nSPS) is 13.2. The van der Waals surface area contributed by atoms with Crippen LogP contribution in [0.5, 0.6) is 5.75 Å². The van der Waals surface area contributed by atoms with E-state index in [1.54, 1.807) is 0 Å². The molecule has 5 heteroatoms. The molecule has 3 N–H and O–H groups in total. The summed E-state index contributed by atoms with van der Waals surface area (Å²) in [5, 5.41) is 9.48. The molecule has 1 unspecified atom stereocenters. The van der Waals surface area contributed by atoms with Crippen molar-refractivity contribution in [2.24, 2.45) is 5.92 Å². The van der Waals surface area contributed by atoms with Crippen LogP contribution < -0.4 is 20.7 Å². The SMILES string of the molecule is C=C(Nc1c2c(cc(OCC(C)C)c1CC)CCC2)C(=O)NC(C)CCNC.CC. The molecule has 1 atom stereocenters. The Bertz CT molecular complexity index is 698. The maximum Gasteiger partial charge on any atom is 0.267 e. The number of nitrogens with one attached hydrogen (secondary N) is 3. The van der Waals surface area contributed by atoms with E-state index in [2.05, 4.69) is 49.4 Å². The molecule has 0 heterocycles. The first-order valence-electron chi connectivity index (χ1n) is 11.6. The maximum atomic E-state index is 12.6. The number of carbonyl (C=O) groups excluding carboxylic acids is 1. The molecule has 0 spiro atoms. The van der Waals surface area contributed by atoms with Gasteiger partial charge in [0.05, 0.1) is 12.3 Å². The summed E-state index contributed by atoms with van der Waals surface area (Å²) in [6.45, 7) is 18.0. The third kappa shape index (κ3) is 7.35. The van der Waals surface area contributed by atoms with Crippen molar-refractivity contribution in [3.8, 4) is 5.75 Å². The van der Waals surface area contributed by atoms with E-state index < -0.39 is 0 Å². The van der Waals surface area contributed by atoms with Crippen molar-refractivity contribution in [1.82, 2.24) is 10.6 Å². The molecule has 1 aromatic rings. The number of ether oxygens (including phenoxy) is 1. The number of aryl methyl sites for hydroxylation is 1. The van der Waals surface area contributed by atoms with Gasteiger partial charge in [-0.05, 0) is 75.7 Å². The third-order valence-electron chi connectivity index (χ3n) is 5.15. The van der Waals surface area contributed by atoms with Crippen LogP contribution in [0, 0.1) is 5.92 Å². The number of hydrogen-bond acceptors (Lipinski definition) is 4. The number of anilines is 1. The van der Waals surface area contributed by atoms with Gasteiger partial charge < -0.3 is 20.7 Å². The second-order valence-electron chi connectivity index (χ2n) is 8.15. The first-order chi connectivity index (χ1) is 14.4. The highest BCUT2D eigenvalue weighted by Gasteiger charge is 2.23. The lowest BCUT2D eigenvalue weighted by Gasteiger charge is -2.22. The zero-order valence-electron chi connectivity index (χ0n) is 20.2. The highest BCUT2D eigenvalue weighted by Crippen LogP contribution is 2.39. The second-order valence-corrected chi connectivity index (χ2v) is 8.15. The first-order valence-corrected chi connectivity index (χ1v) is 11.6. The van der Waals surface area contributed by atoms with Gasteiger partial charge in [0.1, 0.15) is 5.75 Å². The Balaban J connectivity index is 0.00000218. The number of carbonyl (C=O) groups is 1. The fourth-order valence-corrected chi connectivity index (χ4v) is 3.60. The number of benzene rings is 1. The molecule has 30 heavy (non-hydrogen) atoms. The molecule has 0 saturated carbocycles.